The maximum Gasteiger partial charge on any atom is 0.264 e. The molecule has 0 aliphatic rings. The van der Waals surface area contributed by atoms with Gasteiger partial charge in [0.05, 0.1) is 5.39 Å². The third kappa shape index (κ3) is 1.64. The molecule has 80 valence electrons. The van der Waals surface area contributed by atoms with Crippen LogP contribution in [0.4, 0.5) is 8.78 Å². The van der Waals surface area contributed by atoms with Gasteiger partial charge in [-0.05, 0) is 22.6 Å². The first kappa shape index (κ1) is 10.5. The lowest BCUT2D eigenvalue weighted by Gasteiger charge is -2.01. The molecule has 2 aromatic heterocycles. The highest BCUT2D eigenvalue weighted by molar-refractivity contribution is 14.1. The lowest BCUT2D eigenvalue weighted by Crippen LogP contribution is -2.08. The van der Waals surface area contributed by atoms with Crippen LogP contribution < -0.4 is 5.56 Å². The van der Waals surface area contributed by atoms with Gasteiger partial charge in [0.2, 0.25) is 5.56 Å². The third-order valence-electron chi connectivity index (χ3n) is 2.06. The first-order chi connectivity index (χ1) is 7.00. The molecule has 2 heterocycles. The monoisotopic (exact) mass is 325 g/mol. The van der Waals surface area contributed by atoms with E-state index in [1.54, 1.807) is 7.05 Å². The molecule has 0 saturated heterocycles. The average Bonchev–Trinajstić information content (AvgIpc) is 2.41. The van der Waals surface area contributed by atoms with E-state index in [0.717, 1.165) is 6.07 Å². The minimum atomic E-state index is -2.67. The molecule has 15 heavy (non-hydrogen) atoms. The van der Waals surface area contributed by atoms with Gasteiger partial charge in [-0.1, -0.05) is 0 Å². The number of fused-ring (bicyclic) bond motifs is 1. The standard InChI is InChI=1S/C8H6F2IN3O/c1-14-8-5(7(11)13-14)3(6(9)10)2-4(15)12-8/h2,6H,1H3,(H,12,15). The van der Waals surface area contributed by atoms with Gasteiger partial charge in [0.1, 0.15) is 9.35 Å². The predicted octanol–water partition coefficient (Wildman–Crippen LogP) is 1.80. The van der Waals surface area contributed by atoms with Crippen molar-refractivity contribution in [3.63, 3.8) is 0 Å². The Bertz CT molecular complexity index is 575. The van der Waals surface area contributed by atoms with Crippen LogP contribution >= 0.6 is 22.6 Å². The van der Waals surface area contributed by atoms with Gasteiger partial charge in [-0.3, -0.25) is 9.48 Å². The Hall–Kier alpha value is -0.990. The second-order valence-corrected chi connectivity index (χ2v) is 4.05. The van der Waals surface area contributed by atoms with E-state index >= 15 is 0 Å². The number of hydrogen-bond acceptors (Lipinski definition) is 2. The van der Waals surface area contributed by atoms with Crippen molar-refractivity contribution in [1.82, 2.24) is 14.8 Å². The Morgan fingerprint density at radius 1 is 1.60 bits per heavy atom. The topological polar surface area (TPSA) is 50.7 Å². The average molecular weight is 325 g/mol. The zero-order chi connectivity index (χ0) is 11.2. The van der Waals surface area contributed by atoms with Crippen LogP contribution in [0.1, 0.15) is 12.0 Å². The number of nitrogens with zero attached hydrogens (tertiary/aromatic N) is 2. The van der Waals surface area contributed by atoms with Crippen LogP contribution in [-0.4, -0.2) is 14.8 Å². The number of alkyl halides is 2. The van der Waals surface area contributed by atoms with Crippen molar-refractivity contribution in [2.45, 2.75) is 6.43 Å². The molecule has 2 aromatic rings. The summed E-state index contributed by atoms with van der Waals surface area (Å²) in [6.07, 6.45) is -2.67. The first-order valence-electron chi connectivity index (χ1n) is 4.04. The van der Waals surface area contributed by atoms with Crippen molar-refractivity contribution >= 4 is 33.6 Å². The molecule has 0 atom stereocenters. The van der Waals surface area contributed by atoms with E-state index in [1.165, 1.54) is 4.68 Å². The van der Waals surface area contributed by atoms with Crippen LogP contribution in [-0.2, 0) is 7.05 Å². The fourth-order valence-electron chi connectivity index (χ4n) is 1.43. The quantitative estimate of drug-likeness (QED) is 0.813. The second kappa shape index (κ2) is 3.54. The maximum absolute atomic E-state index is 12.7. The number of hydrogen-bond donors (Lipinski definition) is 1. The van der Waals surface area contributed by atoms with Gasteiger partial charge in [0.15, 0.2) is 0 Å². The lowest BCUT2D eigenvalue weighted by molar-refractivity contribution is 0.153. The van der Waals surface area contributed by atoms with Crippen molar-refractivity contribution in [2.75, 3.05) is 0 Å². The summed E-state index contributed by atoms with van der Waals surface area (Å²) in [4.78, 5) is 13.6. The number of pyridine rings is 1. The van der Waals surface area contributed by atoms with Gasteiger partial charge in [-0.15, -0.1) is 0 Å². The Morgan fingerprint density at radius 2 is 2.27 bits per heavy atom. The fourth-order valence-corrected chi connectivity index (χ4v) is 2.32. The Kier molecular flexibility index (Phi) is 2.49. The molecule has 0 radical (unpaired) electrons. The molecule has 1 N–H and O–H groups in total. The van der Waals surface area contributed by atoms with Gasteiger partial charge in [-0.25, -0.2) is 8.78 Å². The maximum atomic E-state index is 12.7. The van der Waals surface area contributed by atoms with E-state index in [2.05, 4.69) is 10.1 Å². The summed E-state index contributed by atoms with van der Waals surface area (Å²) in [6.45, 7) is 0. The molecule has 0 aromatic carbocycles. The van der Waals surface area contributed by atoms with Gasteiger partial charge < -0.3 is 4.98 Å². The number of nitrogens with one attached hydrogen (secondary N) is 1. The summed E-state index contributed by atoms with van der Waals surface area (Å²) in [5.74, 6) is 0. The van der Waals surface area contributed by atoms with E-state index in [4.69, 9.17) is 0 Å². The summed E-state index contributed by atoms with van der Waals surface area (Å²) in [7, 11) is 1.59. The summed E-state index contributed by atoms with van der Waals surface area (Å²) in [6, 6.07) is 0.914. The minimum absolute atomic E-state index is 0.272. The molecule has 2 rings (SSSR count). The van der Waals surface area contributed by atoms with Crippen LogP contribution in [0.3, 0.4) is 0 Å². The van der Waals surface area contributed by atoms with Crippen molar-refractivity contribution in [3.05, 3.63) is 25.7 Å². The van der Waals surface area contributed by atoms with Gasteiger partial charge in [-0.2, -0.15) is 5.10 Å². The van der Waals surface area contributed by atoms with Crippen molar-refractivity contribution in [2.24, 2.45) is 7.05 Å². The molecule has 0 spiro atoms. The lowest BCUT2D eigenvalue weighted by atomic mass is 10.2. The molecular weight excluding hydrogens is 319 g/mol. The number of H-pyrrole nitrogens is 1. The van der Waals surface area contributed by atoms with E-state index < -0.39 is 12.0 Å². The number of aromatic nitrogens is 3. The summed E-state index contributed by atoms with van der Waals surface area (Å²) in [5, 5.41) is 4.29. The van der Waals surface area contributed by atoms with Gasteiger partial charge >= 0.3 is 0 Å². The summed E-state index contributed by atoms with van der Waals surface area (Å²) in [5.41, 5.74) is -0.495. The van der Waals surface area contributed by atoms with E-state index in [9.17, 15) is 13.6 Å². The van der Waals surface area contributed by atoms with Crippen LogP contribution in [0.15, 0.2) is 10.9 Å². The van der Waals surface area contributed by atoms with Crippen LogP contribution in [0, 0.1) is 3.70 Å². The predicted molar refractivity (Wildman–Crippen MR) is 59.0 cm³/mol. The highest BCUT2D eigenvalue weighted by atomic mass is 127. The molecule has 0 bridgehead atoms. The van der Waals surface area contributed by atoms with E-state index in [-0.39, 0.29) is 5.56 Å². The summed E-state index contributed by atoms with van der Waals surface area (Å²) < 4.78 is 27.2. The molecule has 0 unspecified atom stereocenters. The molecule has 4 nitrogen and oxygen atoms in total. The molecule has 0 aliphatic carbocycles. The van der Waals surface area contributed by atoms with E-state index in [1.807, 2.05) is 22.6 Å². The smallest absolute Gasteiger partial charge is 0.264 e. The van der Waals surface area contributed by atoms with Crippen LogP contribution in [0.5, 0.6) is 0 Å². The molecule has 7 heteroatoms. The van der Waals surface area contributed by atoms with Crippen molar-refractivity contribution in [3.8, 4) is 0 Å². The van der Waals surface area contributed by atoms with E-state index in [0.29, 0.717) is 14.7 Å². The number of aromatic amines is 1. The molecule has 0 amide bonds. The molecule has 0 fully saturated rings. The third-order valence-corrected chi connectivity index (χ3v) is 2.81. The highest BCUT2D eigenvalue weighted by Crippen LogP contribution is 2.28. The Balaban J connectivity index is 2.96. The Labute approximate surface area is 96.4 Å². The first-order valence-corrected chi connectivity index (χ1v) is 5.12. The summed E-state index contributed by atoms with van der Waals surface area (Å²) >= 11 is 1.86. The normalized spacial score (nSPS) is 11.5. The SMILES string of the molecule is Cn1nc(I)c2c(C(F)F)cc(=O)[nH]c21. The fraction of sp³-hybridized carbons (Fsp3) is 0.250. The second-order valence-electron chi connectivity index (χ2n) is 3.03. The molecule has 0 saturated carbocycles. The number of rotatable bonds is 1. The zero-order valence-electron chi connectivity index (χ0n) is 7.59. The van der Waals surface area contributed by atoms with Gasteiger partial charge in [0.25, 0.3) is 6.43 Å². The zero-order valence-corrected chi connectivity index (χ0v) is 9.75. The van der Waals surface area contributed by atoms with Crippen LogP contribution in [0.25, 0.3) is 11.0 Å². The number of aryl methyl sites for hydroxylation is 1. The molecule has 0 aliphatic heterocycles. The van der Waals surface area contributed by atoms with Crippen molar-refractivity contribution < 1.29 is 8.78 Å². The minimum Gasteiger partial charge on any atom is -0.307 e. The van der Waals surface area contributed by atoms with Gasteiger partial charge in [0, 0.05) is 18.7 Å². The van der Waals surface area contributed by atoms with Crippen molar-refractivity contribution in [1.29, 1.82) is 0 Å². The highest BCUT2D eigenvalue weighted by Gasteiger charge is 2.18. The Morgan fingerprint density at radius 3 is 2.87 bits per heavy atom. The molecular formula is C8H6F2IN3O. The van der Waals surface area contributed by atoms with Crippen LogP contribution in [0.2, 0.25) is 0 Å². The largest absolute Gasteiger partial charge is 0.307 e. The number of halogens is 3.